The van der Waals surface area contributed by atoms with Crippen LogP contribution in [0.15, 0.2) is 0 Å². The van der Waals surface area contributed by atoms with Gasteiger partial charge in [-0.15, -0.1) is 0 Å². The van der Waals surface area contributed by atoms with E-state index in [4.69, 9.17) is 4.55 Å². The summed E-state index contributed by atoms with van der Waals surface area (Å²) >= 11 is 5.47. The average Bonchev–Trinajstić information content (AvgIpc) is 1.67. The van der Waals surface area contributed by atoms with Gasteiger partial charge in [0, 0.05) is 198 Å². The Bertz CT molecular complexity index is 4030. The standard InChI is InChI=1S/C25H39N3O7.C18H29NO3.C13H21NO3.C11H17NO3.C11H22OS.C10H20O4S2.C10H20OS.C8H16O.C2H6/c1-16(2)21(31)12-13-26-22(32)11-9-20(30)15-27-23(33)10-8-19(29)7-5-6-18-14-24(34)28(17(3)4)25(18)35;1-11(2)15-9-16(20)19(18(15)22)10-13-5-7-14(8-6-13)17(21)12(3)4;1-8(2)10-7-12(16)14(13(10)17)6-5-11(15)9(3)4;1-4-8(13)6-12-10(14)5-9(7(2)3)11(12)15;1-8(2)11(12)7-6-10(5)13-9(3)4;1-7(2)10(11)9(16(12,13)14)5-6-15-8(3)4;1-8(2)10(11)6-5-7-12-9(3)4;1-6(2)5-8(9)7(3)4;1-2/h16-18H,5-15H2,1-4H3,(H,26,32)(H,27,33);11-15H,5-10H2,1-4H3;8-10H,5-7H2,1-4H3;7,9H,4-6H2,1-3H3;8-10H,6-7H2,1-5H3;7-9H,5-6H2,1-4H3,(H,12,13,14);8-9H,5-7H2,1-4H3;6-7H,5H2,1-4H3;1-2H3. The number of hydrogen-bond acceptors (Lipinski definition) is 25. The number of amides is 10. The van der Waals surface area contributed by atoms with Crippen LogP contribution in [-0.2, 0) is 106 Å². The van der Waals surface area contributed by atoms with Gasteiger partial charge in [0.1, 0.15) is 45.7 Å². The minimum atomic E-state index is -4.27. The first-order valence-corrected chi connectivity index (χ1v) is 56.8. The number of nitrogens with zero attached hydrogens (tertiary/aromatic N) is 4. The van der Waals surface area contributed by atoms with Gasteiger partial charge in [-0.2, -0.15) is 43.7 Å². The first-order chi connectivity index (χ1) is 65.2. The zero-order chi connectivity index (χ0) is 110. The first kappa shape index (κ1) is 140. The van der Waals surface area contributed by atoms with Gasteiger partial charge >= 0.3 is 0 Å². The van der Waals surface area contributed by atoms with Crippen molar-refractivity contribution in [3.63, 3.8) is 0 Å². The van der Waals surface area contributed by atoms with Crippen LogP contribution in [0.2, 0.25) is 0 Å². The maximum Gasteiger partial charge on any atom is 0.275 e. The molecule has 29 nitrogen and oxygen atoms in total. The minimum Gasteiger partial charge on any atom is -0.356 e. The summed E-state index contributed by atoms with van der Waals surface area (Å²) in [6.45, 7) is 67.1. The third-order valence-electron chi connectivity index (χ3n) is 24.3. The van der Waals surface area contributed by atoms with E-state index < -0.39 is 27.1 Å². The van der Waals surface area contributed by atoms with Gasteiger partial charge in [0.15, 0.2) is 17.3 Å². The molecule has 10 amide bonds. The molecule has 1 aliphatic carbocycles. The lowest BCUT2D eigenvalue weighted by Gasteiger charge is -2.30. The highest BCUT2D eigenvalue weighted by Gasteiger charge is 2.45. The number of Topliss-reactive ketones (excluding diaryl/α,β-unsaturated/α-hetero) is 10. The summed E-state index contributed by atoms with van der Waals surface area (Å²) in [7, 11) is -4.27. The van der Waals surface area contributed by atoms with Crippen molar-refractivity contribution < 1.29 is 109 Å². The SMILES string of the molecule is CC.CC(C)C(=O)C1CCC(CN2C(=O)CC(C(C)C)C2=O)CC1.CC(C)C(=O)CCN1C(=O)CC(C(C)C)C1=O.CC(C)C(=O)CCNC(=O)CCC(=O)CNC(=O)CCC(=O)CCCC1CC(=O)N(C(C)C)C1=O.CC(C)CC(=O)C(C)C.CC(C)SC(C)CCC(=O)C(C)C.CC(C)SCCC(C(=O)C(C)C)S(=O)(=O)O.CC(C)SCCCC(=O)C(C)C.CCC(=O)CN1C(=O)CC(C(C)C)C1=O. The van der Waals surface area contributed by atoms with Gasteiger partial charge in [0.2, 0.25) is 59.1 Å². The van der Waals surface area contributed by atoms with Crippen molar-refractivity contribution in [2.75, 3.05) is 44.2 Å². The molecule has 0 radical (unpaired) electrons. The van der Waals surface area contributed by atoms with Gasteiger partial charge in [-0.25, -0.2) is 0 Å². The molecule has 0 aromatic heterocycles. The highest BCUT2D eigenvalue weighted by molar-refractivity contribution is 8.00. The lowest BCUT2D eigenvalue weighted by Crippen LogP contribution is -2.37. The largest absolute Gasteiger partial charge is 0.356 e. The van der Waals surface area contributed by atoms with E-state index >= 15 is 0 Å². The molecule has 0 spiro atoms. The van der Waals surface area contributed by atoms with E-state index in [1.165, 1.54) is 14.7 Å². The van der Waals surface area contributed by atoms with Crippen molar-refractivity contribution in [1.82, 2.24) is 30.2 Å². The predicted molar refractivity (Wildman–Crippen MR) is 568 cm³/mol. The number of nitrogens with one attached hydrogen (secondary N) is 2. The van der Waals surface area contributed by atoms with Crippen LogP contribution in [0.4, 0.5) is 0 Å². The summed E-state index contributed by atoms with van der Waals surface area (Å²) in [5.74, 6) is 1.67. The fourth-order valence-corrected chi connectivity index (χ4v) is 19.0. The highest BCUT2D eigenvalue weighted by atomic mass is 32.2. The van der Waals surface area contributed by atoms with Crippen molar-refractivity contribution in [2.45, 2.75) is 422 Å². The summed E-state index contributed by atoms with van der Waals surface area (Å²) in [6.07, 6.45) is 11.3. The van der Waals surface area contributed by atoms with Gasteiger partial charge < -0.3 is 10.6 Å². The molecular weight excluding hydrogens is 1880 g/mol. The third kappa shape index (κ3) is 61.4. The number of thioether (sulfide) groups is 3. The number of carbonyl (C=O) groups is 20. The molecule has 4 heterocycles. The molecule has 4 saturated heterocycles. The number of hydrogen-bond donors (Lipinski definition) is 3. The Morgan fingerprint density at radius 3 is 1.24 bits per heavy atom. The molecule has 4 aliphatic heterocycles. The molecule has 6 unspecified atom stereocenters. The molecule has 5 fully saturated rings. The van der Waals surface area contributed by atoms with Crippen molar-refractivity contribution in [1.29, 1.82) is 0 Å². The van der Waals surface area contributed by atoms with E-state index in [1.807, 2.05) is 162 Å². The maximum atomic E-state index is 12.3. The number of ketones is 10. The van der Waals surface area contributed by atoms with E-state index in [9.17, 15) is 104 Å². The van der Waals surface area contributed by atoms with Crippen LogP contribution in [0.3, 0.4) is 0 Å². The van der Waals surface area contributed by atoms with E-state index in [2.05, 4.69) is 59.1 Å². The molecule has 0 aromatic carbocycles. The molecule has 5 rings (SSSR count). The van der Waals surface area contributed by atoms with E-state index in [-0.39, 0.29) is 267 Å². The second-order valence-electron chi connectivity index (χ2n) is 42.1. The second-order valence-corrected chi connectivity index (χ2v) is 49.1. The Morgan fingerprint density at radius 2 is 0.837 bits per heavy atom. The van der Waals surface area contributed by atoms with Crippen molar-refractivity contribution in [3.05, 3.63) is 0 Å². The van der Waals surface area contributed by atoms with Crippen LogP contribution in [0, 0.1) is 101 Å². The summed E-state index contributed by atoms with van der Waals surface area (Å²) in [5.41, 5.74) is 0. The summed E-state index contributed by atoms with van der Waals surface area (Å²) in [4.78, 5) is 239. The smallest absolute Gasteiger partial charge is 0.275 e. The van der Waals surface area contributed by atoms with Gasteiger partial charge in [0.25, 0.3) is 10.1 Å². The Balaban J connectivity index is -0.000000785. The normalized spacial score (nSPS) is 17.9. The fraction of sp³-hybridized carbons (Fsp3) is 0.815. The Labute approximate surface area is 862 Å². The van der Waals surface area contributed by atoms with Gasteiger partial charge in [-0.1, -0.05) is 222 Å². The quantitative estimate of drug-likeness (QED) is 0.0289. The average molecular weight is 2070 g/mol. The lowest BCUT2D eigenvalue weighted by molar-refractivity contribution is -0.143. The zero-order valence-corrected chi connectivity index (χ0v) is 96.3. The topological polar surface area (TPSA) is 433 Å². The number of rotatable bonds is 53. The minimum absolute atomic E-state index is 0.0101. The molecule has 33 heteroatoms. The zero-order valence-electron chi connectivity index (χ0n) is 93.0. The Morgan fingerprint density at radius 1 is 0.411 bits per heavy atom. The molecular formula is C108H190N6O23S4. The van der Waals surface area contributed by atoms with Crippen LogP contribution in [0.5, 0.6) is 0 Å². The van der Waals surface area contributed by atoms with E-state index in [1.54, 1.807) is 60.2 Å². The summed E-state index contributed by atoms with van der Waals surface area (Å²) < 4.78 is 31.2. The second kappa shape index (κ2) is 74.9. The number of carbonyl (C=O) groups excluding carboxylic acids is 20. The molecule has 3 N–H and O–H groups in total. The predicted octanol–water partition coefficient (Wildman–Crippen LogP) is 19.1. The maximum absolute atomic E-state index is 12.3. The molecule has 141 heavy (non-hydrogen) atoms. The van der Waals surface area contributed by atoms with Crippen LogP contribution in [0.1, 0.15) is 390 Å². The van der Waals surface area contributed by atoms with Crippen LogP contribution in [-0.4, -0.2) is 226 Å². The van der Waals surface area contributed by atoms with Crippen LogP contribution < -0.4 is 10.6 Å². The monoisotopic (exact) mass is 2070 g/mol. The Kier molecular flexibility index (Phi) is 74.6. The molecule has 0 bridgehead atoms. The van der Waals surface area contributed by atoms with E-state index in [0.29, 0.717) is 100 Å². The van der Waals surface area contributed by atoms with E-state index in [0.717, 1.165) is 68.4 Å². The summed E-state index contributed by atoms with van der Waals surface area (Å²) in [6, 6.07) is -0.171. The molecule has 1 saturated carbocycles. The lowest BCUT2D eigenvalue weighted by atomic mass is 9.77. The summed E-state index contributed by atoms with van der Waals surface area (Å²) in [5, 5.41) is 6.15. The number of likely N-dealkylation sites (tertiary alicyclic amines) is 4. The third-order valence-corrected chi connectivity index (χ3v) is 29.0. The van der Waals surface area contributed by atoms with Crippen molar-refractivity contribution in [3.8, 4) is 0 Å². The fourth-order valence-electron chi connectivity index (χ4n) is 15.1. The first-order valence-electron chi connectivity index (χ1n) is 52.2. The molecule has 814 valence electrons. The van der Waals surface area contributed by atoms with Crippen LogP contribution >= 0.6 is 35.3 Å². The van der Waals surface area contributed by atoms with Crippen molar-refractivity contribution >= 4 is 162 Å². The van der Waals surface area contributed by atoms with Gasteiger partial charge in [-0.3, -0.25) is 120 Å². The number of imide groups is 4. The molecule has 6 atom stereocenters. The van der Waals surface area contributed by atoms with Gasteiger partial charge in [-0.05, 0) is 128 Å². The molecule has 5 aliphatic rings. The highest BCUT2D eigenvalue weighted by Crippen LogP contribution is 2.36. The van der Waals surface area contributed by atoms with Crippen molar-refractivity contribution in [2.24, 2.45) is 101 Å². The van der Waals surface area contributed by atoms with Gasteiger partial charge in [0.05, 0.1) is 13.1 Å². The molecule has 0 aromatic rings. The van der Waals surface area contributed by atoms with Crippen LogP contribution in [0.25, 0.3) is 0 Å². The Hall–Kier alpha value is -6.84.